The third-order valence-electron chi connectivity index (χ3n) is 5.08. The Hall–Kier alpha value is -0.610. The number of amides is 1. The molecule has 2 saturated carbocycles. The van der Waals surface area contributed by atoms with E-state index in [0.29, 0.717) is 13.1 Å². The molecule has 0 saturated heterocycles. The molecule has 110 valence electrons. The van der Waals surface area contributed by atoms with Crippen molar-refractivity contribution in [3.63, 3.8) is 0 Å². The Kier molecular flexibility index (Phi) is 5.22. The average Bonchev–Trinajstić information content (AvgIpc) is 2.46. The number of nitrogens with one attached hydrogen (secondary N) is 1. The van der Waals surface area contributed by atoms with Crippen LogP contribution in [0.5, 0.6) is 0 Å². The highest BCUT2D eigenvalue weighted by Crippen LogP contribution is 2.35. The van der Waals surface area contributed by atoms with Gasteiger partial charge < -0.3 is 16.2 Å². The number of nitrogens with two attached hydrogens (primary N) is 1. The second-order valence-electron chi connectivity index (χ2n) is 6.37. The number of hydrogen-bond acceptors (Lipinski definition) is 3. The van der Waals surface area contributed by atoms with Gasteiger partial charge in [0.25, 0.3) is 0 Å². The fraction of sp³-hybridized carbons (Fsp3) is 0.933. The summed E-state index contributed by atoms with van der Waals surface area (Å²) < 4.78 is 0. The lowest BCUT2D eigenvalue weighted by Gasteiger charge is -2.36. The number of hydrogen-bond donors (Lipinski definition) is 3. The van der Waals surface area contributed by atoms with Crippen LogP contribution in [0.25, 0.3) is 0 Å². The largest absolute Gasteiger partial charge is 0.393 e. The topological polar surface area (TPSA) is 75.4 Å². The molecule has 4 N–H and O–H groups in total. The molecule has 0 aromatic heterocycles. The molecular formula is C15H28N2O2. The summed E-state index contributed by atoms with van der Waals surface area (Å²) >= 11 is 0. The van der Waals surface area contributed by atoms with Crippen LogP contribution in [0.15, 0.2) is 0 Å². The SMILES string of the molecule is NCC1(C(=O)NCC2CCCCC2O)CCCCC1. The molecule has 0 aromatic rings. The number of rotatable bonds is 4. The van der Waals surface area contributed by atoms with E-state index in [2.05, 4.69) is 5.32 Å². The summed E-state index contributed by atoms with van der Waals surface area (Å²) in [6, 6.07) is 0. The van der Waals surface area contributed by atoms with Crippen LogP contribution < -0.4 is 11.1 Å². The smallest absolute Gasteiger partial charge is 0.227 e. The Morgan fingerprint density at radius 1 is 1.16 bits per heavy atom. The Morgan fingerprint density at radius 2 is 1.84 bits per heavy atom. The van der Waals surface area contributed by atoms with Crippen molar-refractivity contribution >= 4 is 5.91 Å². The highest BCUT2D eigenvalue weighted by molar-refractivity contribution is 5.83. The molecule has 2 unspecified atom stereocenters. The van der Waals surface area contributed by atoms with E-state index >= 15 is 0 Å². The second kappa shape index (κ2) is 6.71. The predicted molar refractivity (Wildman–Crippen MR) is 75.5 cm³/mol. The molecule has 19 heavy (non-hydrogen) atoms. The molecule has 1 amide bonds. The Bertz CT molecular complexity index is 301. The van der Waals surface area contributed by atoms with E-state index in [1.807, 2.05) is 0 Å². The lowest BCUT2D eigenvalue weighted by Crippen LogP contribution is -2.49. The lowest BCUT2D eigenvalue weighted by molar-refractivity contribution is -0.132. The highest BCUT2D eigenvalue weighted by atomic mass is 16.3. The Morgan fingerprint density at radius 3 is 2.47 bits per heavy atom. The van der Waals surface area contributed by atoms with Gasteiger partial charge in [-0.15, -0.1) is 0 Å². The molecule has 4 nitrogen and oxygen atoms in total. The quantitative estimate of drug-likeness (QED) is 0.724. The molecule has 2 fully saturated rings. The fourth-order valence-electron chi connectivity index (χ4n) is 3.59. The van der Waals surface area contributed by atoms with Crippen LogP contribution in [0, 0.1) is 11.3 Å². The zero-order chi connectivity index (χ0) is 13.7. The fourth-order valence-corrected chi connectivity index (χ4v) is 3.59. The van der Waals surface area contributed by atoms with Gasteiger partial charge in [0.05, 0.1) is 11.5 Å². The molecule has 2 atom stereocenters. The molecule has 0 aromatic carbocycles. The normalized spacial score (nSPS) is 30.8. The summed E-state index contributed by atoms with van der Waals surface area (Å²) in [4.78, 5) is 12.4. The van der Waals surface area contributed by atoms with Crippen molar-refractivity contribution in [3.05, 3.63) is 0 Å². The average molecular weight is 268 g/mol. The first-order valence-electron chi connectivity index (χ1n) is 7.84. The predicted octanol–water partition coefficient (Wildman–Crippen LogP) is 1.56. The minimum atomic E-state index is -0.335. The number of carbonyl (C=O) groups is 1. The van der Waals surface area contributed by atoms with Gasteiger partial charge in [0.15, 0.2) is 0 Å². The Labute approximate surface area is 116 Å². The Balaban J connectivity index is 1.85. The molecule has 0 spiro atoms. The van der Waals surface area contributed by atoms with E-state index in [4.69, 9.17) is 5.73 Å². The van der Waals surface area contributed by atoms with Crippen molar-refractivity contribution in [2.45, 2.75) is 63.9 Å². The van der Waals surface area contributed by atoms with E-state index in [-0.39, 0.29) is 23.3 Å². The van der Waals surface area contributed by atoms with Gasteiger partial charge in [0, 0.05) is 19.0 Å². The van der Waals surface area contributed by atoms with Crippen LogP contribution in [0.1, 0.15) is 57.8 Å². The van der Waals surface area contributed by atoms with Crippen LogP contribution in [0.4, 0.5) is 0 Å². The van der Waals surface area contributed by atoms with Crippen molar-refractivity contribution in [2.75, 3.05) is 13.1 Å². The lowest BCUT2D eigenvalue weighted by atomic mass is 9.73. The van der Waals surface area contributed by atoms with Gasteiger partial charge in [-0.25, -0.2) is 0 Å². The molecule has 2 aliphatic carbocycles. The van der Waals surface area contributed by atoms with E-state index in [0.717, 1.165) is 44.9 Å². The maximum atomic E-state index is 12.4. The zero-order valence-electron chi connectivity index (χ0n) is 11.9. The first-order chi connectivity index (χ1) is 9.18. The van der Waals surface area contributed by atoms with Gasteiger partial charge in [-0.2, -0.15) is 0 Å². The summed E-state index contributed by atoms with van der Waals surface area (Å²) in [7, 11) is 0. The molecule has 0 radical (unpaired) electrons. The minimum Gasteiger partial charge on any atom is -0.393 e. The first kappa shape index (κ1) is 14.8. The van der Waals surface area contributed by atoms with Gasteiger partial charge in [-0.3, -0.25) is 4.79 Å². The zero-order valence-corrected chi connectivity index (χ0v) is 11.9. The molecule has 4 heteroatoms. The van der Waals surface area contributed by atoms with Gasteiger partial charge in [-0.05, 0) is 25.7 Å². The van der Waals surface area contributed by atoms with Gasteiger partial charge in [-0.1, -0.05) is 32.1 Å². The van der Waals surface area contributed by atoms with Crippen molar-refractivity contribution in [1.29, 1.82) is 0 Å². The molecule has 0 aliphatic heterocycles. The van der Waals surface area contributed by atoms with Crippen LogP contribution >= 0.6 is 0 Å². The summed E-state index contributed by atoms with van der Waals surface area (Å²) in [5, 5.41) is 13.0. The molecule has 2 aliphatic rings. The number of aliphatic hydroxyl groups is 1. The third-order valence-corrected chi connectivity index (χ3v) is 5.08. The maximum absolute atomic E-state index is 12.4. The minimum absolute atomic E-state index is 0.118. The van der Waals surface area contributed by atoms with Crippen LogP contribution in [0.3, 0.4) is 0 Å². The van der Waals surface area contributed by atoms with E-state index in [9.17, 15) is 9.90 Å². The first-order valence-corrected chi connectivity index (χ1v) is 7.84. The van der Waals surface area contributed by atoms with Crippen LogP contribution in [0.2, 0.25) is 0 Å². The van der Waals surface area contributed by atoms with E-state index in [1.54, 1.807) is 0 Å². The summed E-state index contributed by atoms with van der Waals surface area (Å²) in [6.07, 6.45) is 9.21. The van der Waals surface area contributed by atoms with Gasteiger partial charge in [0.2, 0.25) is 5.91 Å². The molecular weight excluding hydrogens is 240 g/mol. The second-order valence-corrected chi connectivity index (χ2v) is 6.37. The summed E-state index contributed by atoms with van der Waals surface area (Å²) in [5.41, 5.74) is 5.53. The molecule has 2 rings (SSSR count). The van der Waals surface area contributed by atoms with Gasteiger partial charge in [0.1, 0.15) is 0 Å². The third kappa shape index (κ3) is 3.48. The highest BCUT2D eigenvalue weighted by Gasteiger charge is 2.38. The van der Waals surface area contributed by atoms with Crippen molar-refractivity contribution < 1.29 is 9.90 Å². The van der Waals surface area contributed by atoms with Crippen LogP contribution in [-0.4, -0.2) is 30.2 Å². The summed E-state index contributed by atoms with van der Waals surface area (Å²) in [5.74, 6) is 0.351. The van der Waals surface area contributed by atoms with Gasteiger partial charge >= 0.3 is 0 Å². The molecule has 0 heterocycles. The van der Waals surface area contributed by atoms with Crippen molar-refractivity contribution in [1.82, 2.24) is 5.32 Å². The van der Waals surface area contributed by atoms with Crippen molar-refractivity contribution in [3.8, 4) is 0 Å². The van der Waals surface area contributed by atoms with Crippen LogP contribution in [-0.2, 0) is 4.79 Å². The van der Waals surface area contributed by atoms with E-state index in [1.165, 1.54) is 12.8 Å². The number of carbonyl (C=O) groups excluding carboxylic acids is 1. The number of aliphatic hydroxyl groups excluding tert-OH is 1. The monoisotopic (exact) mass is 268 g/mol. The van der Waals surface area contributed by atoms with E-state index < -0.39 is 0 Å². The standard InChI is InChI=1S/C15H28N2O2/c16-11-15(8-4-1-5-9-15)14(19)17-10-12-6-2-3-7-13(12)18/h12-13,18H,1-11,16H2,(H,17,19). The molecule has 0 bridgehead atoms. The maximum Gasteiger partial charge on any atom is 0.227 e. The summed E-state index contributed by atoms with van der Waals surface area (Å²) in [6.45, 7) is 1.06. The van der Waals surface area contributed by atoms with Crippen molar-refractivity contribution in [2.24, 2.45) is 17.1 Å².